The summed E-state index contributed by atoms with van der Waals surface area (Å²) in [6.07, 6.45) is 3.15. The van der Waals surface area contributed by atoms with Gasteiger partial charge in [-0.15, -0.1) is 0 Å². The van der Waals surface area contributed by atoms with E-state index >= 15 is 0 Å². The predicted octanol–water partition coefficient (Wildman–Crippen LogP) is 0.765. The molecule has 0 aromatic rings. The van der Waals surface area contributed by atoms with Gasteiger partial charge in [-0.3, -0.25) is 4.79 Å². The molecule has 0 aliphatic rings. The van der Waals surface area contributed by atoms with Crippen LogP contribution in [-0.2, 0) is 4.79 Å². The van der Waals surface area contributed by atoms with Crippen LogP contribution in [0.1, 0.15) is 38.5 Å². The monoisotopic (exact) mass is 190 g/mol. The number of aliphatic hydroxyl groups is 2. The molecule has 0 aromatic carbocycles. The minimum Gasteiger partial charge on any atom is -0.481 e. The Morgan fingerprint density at radius 2 is 1.77 bits per heavy atom. The van der Waals surface area contributed by atoms with Crippen molar-refractivity contribution in [3.8, 4) is 0 Å². The molecule has 0 heterocycles. The van der Waals surface area contributed by atoms with Gasteiger partial charge < -0.3 is 15.3 Å². The maximum atomic E-state index is 10.2. The van der Waals surface area contributed by atoms with Crippen LogP contribution in [0.4, 0.5) is 0 Å². The summed E-state index contributed by atoms with van der Waals surface area (Å²) in [5, 5.41) is 25.9. The number of rotatable bonds is 8. The quantitative estimate of drug-likeness (QED) is 0.494. The maximum Gasteiger partial charge on any atom is 0.305 e. The van der Waals surface area contributed by atoms with Gasteiger partial charge in [-0.25, -0.2) is 0 Å². The van der Waals surface area contributed by atoms with Gasteiger partial charge in [-0.1, -0.05) is 19.3 Å². The predicted molar refractivity (Wildman–Crippen MR) is 48.4 cm³/mol. The molecule has 4 heteroatoms. The Bertz CT molecular complexity index is 136. The Morgan fingerprint density at radius 1 is 1.15 bits per heavy atom. The van der Waals surface area contributed by atoms with Gasteiger partial charge in [0.1, 0.15) is 0 Å². The van der Waals surface area contributed by atoms with Crippen molar-refractivity contribution in [1.29, 1.82) is 0 Å². The third kappa shape index (κ3) is 9.30. The van der Waals surface area contributed by atoms with E-state index in [2.05, 4.69) is 0 Å². The summed E-state index contributed by atoms with van der Waals surface area (Å²) in [4.78, 5) is 10.2. The van der Waals surface area contributed by atoms with E-state index in [9.17, 15) is 4.79 Å². The fraction of sp³-hybridized carbons (Fsp3) is 0.889. The van der Waals surface area contributed by atoms with E-state index in [-0.39, 0.29) is 13.0 Å². The summed E-state index contributed by atoms with van der Waals surface area (Å²) >= 11 is 0. The van der Waals surface area contributed by atoms with E-state index in [1.54, 1.807) is 0 Å². The third-order valence-electron chi connectivity index (χ3n) is 1.86. The van der Waals surface area contributed by atoms with Crippen LogP contribution in [0, 0.1) is 0 Å². The van der Waals surface area contributed by atoms with Crippen molar-refractivity contribution < 1.29 is 20.1 Å². The first-order valence-corrected chi connectivity index (χ1v) is 4.67. The number of carboxylic acid groups (broad SMARTS) is 1. The number of unbranched alkanes of at least 4 members (excludes halogenated alkanes) is 3. The molecule has 3 N–H and O–H groups in total. The first-order chi connectivity index (χ1) is 6.16. The Hall–Kier alpha value is -0.610. The first-order valence-electron chi connectivity index (χ1n) is 4.67. The second-order valence-corrected chi connectivity index (χ2v) is 3.18. The zero-order chi connectivity index (χ0) is 10.1. The molecule has 0 aliphatic carbocycles. The number of carboxylic acids is 1. The number of aliphatic carboxylic acids is 1. The number of aliphatic hydroxyl groups excluding tert-OH is 2. The summed E-state index contributed by atoms with van der Waals surface area (Å²) < 4.78 is 0. The lowest BCUT2D eigenvalue weighted by molar-refractivity contribution is -0.139. The fourth-order valence-electron chi connectivity index (χ4n) is 1.15. The van der Waals surface area contributed by atoms with Gasteiger partial charge in [0.25, 0.3) is 0 Å². The van der Waals surface area contributed by atoms with Crippen molar-refractivity contribution >= 4 is 5.97 Å². The zero-order valence-electron chi connectivity index (χ0n) is 7.78. The van der Waals surface area contributed by atoms with Crippen LogP contribution < -0.4 is 0 Å². The van der Waals surface area contributed by atoms with Crippen molar-refractivity contribution in [1.82, 2.24) is 0 Å². The normalized spacial score (nSPS) is 12.8. The van der Waals surface area contributed by atoms with Gasteiger partial charge >= 0.3 is 5.97 Å². The Labute approximate surface area is 78.2 Å². The molecule has 0 radical (unpaired) electrons. The Morgan fingerprint density at radius 3 is 2.31 bits per heavy atom. The van der Waals surface area contributed by atoms with Gasteiger partial charge in [0.05, 0.1) is 12.5 Å². The number of carbonyl (C=O) groups is 1. The van der Waals surface area contributed by atoms with Crippen LogP contribution in [-0.4, -0.2) is 34.0 Å². The van der Waals surface area contributed by atoms with Crippen molar-refractivity contribution in [2.24, 2.45) is 0 Å². The highest BCUT2D eigenvalue weighted by atomic mass is 16.4. The van der Waals surface area contributed by atoms with Gasteiger partial charge in [-0.2, -0.15) is 0 Å². The van der Waals surface area contributed by atoms with Gasteiger partial charge in [0.15, 0.2) is 0 Å². The van der Waals surface area contributed by atoms with Crippen molar-refractivity contribution in [3.63, 3.8) is 0 Å². The molecule has 4 nitrogen and oxygen atoms in total. The topological polar surface area (TPSA) is 77.8 Å². The number of hydrogen-bond donors (Lipinski definition) is 3. The van der Waals surface area contributed by atoms with Crippen LogP contribution in [0.15, 0.2) is 0 Å². The molecule has 0 aliphatic heterocycles. The highest BCUT2D eigenvalue weighted by Gasteiger charge is 2.08. The molecule has 0 unspecified atom stereocenters. The summed E-state index contributed by atoms with van der Waals surface area (Å²) in [5.74, 6) is -0.956. The molecule has 0 amide bonds. The molecular formula is C9H18O4. The fourth-order valence-corrected chi connectivity index (χ4v) is 1.15. The Balaban J connectivity index is 3.17. The summed E-state index contributed by atoms with van der Waals surface area (Å²) in [7, 11) is 0. The van der Waals surface area contributed by atoms with Crippen LogP contribution in [0.25, 0.3) is 0 Å². The van der Waals surface area contributed by atoms with Crippen LogP contribution >= 0.6 is 0 Å². The average Bonchev–Trinajstić information content (AvgIpc) is 2.02. The third-order valence-corrected chi connectivity index (χ3v) is 1.86. The summed E-state index contributed by atoms with van der Waals surface area (Å²) in [6.45, 7) is 0.206. The minimum atomic E-state index is -0.956. The first kappa shape index (κ1) is 12.4. The lowest BCUT2D eigenvalue weighted by atomic mass is 10.1. The molecule has 0 rings (SSSR count). The van der Waals surface area contributed by atoms with E-state index in [0.29, 0.717) is 6.42 Å². The molecular weight excluding hydrogens is 172 g/mol. The summed E-state index contributed by atoms with van der Waals surface area (Å²) in [5.41, 5.74) is 0. The van der Waals surface area contributed by atoms with Crippen molar-refractivity contribution in [2.45, 2.75) is 44.6 Å². The van der Waals surface area contributed by atoms with Crippen molar-refractivity contribution in [2.75, 3.05) is 6.61 Å². The second kappa shape index (κ2) is 8.01. The largest absolute Gasteiger partial charge is 0.481 e. The van der Waals surface area contributed by atoms with Crippen LogP contribution in [0.3, 0.4) is 0 Å². The van der Waals surface area contributed by atoms with E-state index in [4.69, 9.17) is 15.3 Å². The lowest BCUT2D eigenvalue weighted by Gasteiger charge is -2.06. The highest BCUT2D eigenvalue weighted by Crippen LogP contribution is 2.07. The van der Waals surface area contributed by atoms with Crippen LogP contribution in [0.2, 0.25) is 0 Å². The molecule has 0 spiro atoms. The van der Waals surface area contributed by atoms with Gasteiger partial charge in [0, 0.05) is 6.61 Å². The smallest absolute Gasteiger partial charge is 0.305 e. The van der Waals surface area contributed by atoms with Gasteiger partial charge in [-0.05, 0) is 12.8 Å². The lowest BCUT2D eigenvalue weighted by Crippen LogP contribution is -2.12. The molecule has 78 valence electrons. The van der Waals surface area contributed by atoms with E-state index in [1.807, 2.05) is 0 Å². The molecule has 0 saturated heterocycles. The van der Waals surface area contributed by atoms with E-state index < -0.39 is 12.1 Å². The average molecular weight is 190 g/mol. The Kier molecular flexibility index (Phi) is 7.63. The van der Waals surface area contributed by atoms with Crippen molar-refractivity contribution in [3.05, 3.63) is 0 Å². The molecule has 0 aromatic heterocycles. The standard InChI is InChI=1S/C9H18O4/c10-6-4-2-1-3-5-8(11)7-9(12)13/h8,10-11H,1-7H2,(H,12,13)/t8-/m1/s1. The maximum absolute atomic E-state index is 10.2. The molecule has 0 fully saturated rings. The van der Waals surface area contributed by atoms with E-state index in [1.165, 1.54) is 0 Å². The summed E-state index contributed by atoms with van der Waals surface area (Å²) in [6, 6.07) is 0. The molecule has 0 saturated carbocycles. The molecule has 0 bridgehead atoms. The molecule has 1 atom stereocenters. The number of hydrogen-bond acceptors (Lipinski definition) is 3. The zero-order valence-corrected chi connectivity index (χ0v) is 7.78. The van der Waals surface area contributed by atoms with Gasteiger partial charge in [0.2, 0.25) is 0 Å². The highest BCUT2D eigenvalue weighted by molar-refractivity contribution is 5.67. The second-order valence-electron chi connectivity index (χ2n) is 3.18. The minimum absolute atomic E-state index is 0.167. The van der Waals surface area contributed by atoms with E-state index in [0.717, 1.165) is 25.7 Å². The van der Waals surface area contributed by atoms with Crippen LogP contribution in [0.5, 0.6) is 0 Å². The SMILES string of the molecule is O=C(O)C[C@H](O)CCCCCCO. The molecule has 13 heavy (non-hydrogen) atoms.